The van der Waals surface area contributed by atoms with Gasteiger partial charge in [0.15, 0.2) is 0 Å². The molecule has 5 heteroatoms. The maximum Gasteiger partial charge on any atom is 0.410 e. The second-order valence-electron chi connectivity index (χ2n) is 6.76. The van der Waals surface area contributed by atoms with Crippen molar-refractivity contribution in [3.63, 3.8) is 0 Å². The van der Waals surface area contributed by atoms with E-state index in [4.69, 9.17) is 4.74 Å². The van der Waals surface area contributed by atoms with Gasteiger partial charge in [0.2, 0.25) is 0 Å². The fraction of sp³-hybridized carbons (Fsp3) is 0.529. The molecule has 1 amide bonds. The fourth-order valence-electron chi connectivity index (χ4n) is 2.72. The Hall–Kier alpha value is -2.04. The molecule has 0 bridgehead atoms. The number of hydrogen-bond acceptors (Lipinski definition) is 3. The van der Waals surface area contributed by atoms with Crippen LogP contribution in [0.3, 0.4) is 0 Å². The van der Waals surface area contributed by atoms with Crippen molar-refractivity contribution in [3.05, 3.63) is 35.9 Å². The lowest BCUT2D eigenvalue weighted by atomic mass is 9.85. The van der Waals surface area contributed by atoms with Crippen LogP contribution >= 0.6 is 0 Å². The van der Waals surface area contributed by atoms with Crippen molar-refractivity contribution in [1.29, 1.82) is 0 Å². The average Bonchev–Trinajstić information content (AvgIpc) is 2.46. The highest BCUT2D eigenvalue weighted by molar-refractivity contribution is 5.73. The van der Waals surface area contributed by atoms with Crippen LogP contribution in [-0.4, -0.2) is 40.8 Å². The zero-order valence-corrected chi connectivity index (χ0v) is 13.3. The summed E-state index contributed by atoms with van der Waals surface area (Å²) in [4.78, 5) is 25.2. The van der Waals surface area contributed by atoms with Gasteiger partial charge in [0.25, 0.3) is 0 Å². The number of carboxylic acids is 1. The van der Waals surface area contributed by atoms with E-state index in [1.807, 2.05) is 30.3 Å². The zero-order chi connectivity index (χ0) is 16.3. The molecule has 0 unspecified atom stereocenters. The van der Waals surface area contributed by atoms with Gasteiger partial charge in [0, 0.05) is 19.0 Å². The van der Waals surface area contributed by atoms with Crippen molar-refractivity contribution in [3.8, 4) is 0 Å². The van der Waals surface area contributed by atoms with Crippen LogP contribution in [0.25, 0.3) is 0 Å². The first-order valence-electron chi connectivity index (χ1n) is 7.52. The quantitative estimate of drug-likeness (QED) is 0.911. The van der Waals surface area contributed by atoms with Gasteiger partial charge in [-0.2, -0.15) is 0 Å². The number of carboxylic acid groups (broad SMARTS) is 1. The monoisotopic (exact) mass is 305 g/mol. The van der Waals surface area contributed by atoms with E-state index in [2.05, 4.69) is 0 Å². The Bertz CT molecular complexity index is 535. The number of benzene rings is 1. The summed E-state index contributed by atoms with van der Waals surface area (Å²) in [6.07, 6.45) is 0.0953. The van der Waals surface area contributed by atoms with Gasteiger partial charge in [-0.1, -0.05) is 30.3 Å². The van der Waals surface area contributed by atoms with E-state index in [0.717, 1.165) is 5.56 Å². The predicted molar refractivity (Wildman–Crippen MR) is 82.7 cm³/mol. The number of amides is 1. The maximum absolute atomic E-state index is 12.3. The van der Waals surface area contributed by atoms with E-state index in [1.165, 1.54) is 4.90 Å². The smallest absolute Gasteiger partial charge is 0.410 e. The molecule has 0 aliphatic carbocycles. The number of hydrogen-bond donors (Lipinski definition) is 1. The van der Waals surface area contributed by atoms with Gasteiger partial charge in [0.05, 0.1) is 5.92 Å². The number of nitrogens with zero attached hydrogens (tertiary/aromatic N) is 1. The highest BCUT2D eigenvalue weighted by Crippen LogP contribution is 2.31. The Kier molecular flexibility index (Phi) is 4.74. The summed E-state index contributed by atoms with van der Waals surface area (Å²) < 4.78 is 5.38. The molecule has 2 rings (SSSR count). The van der Waals surface area contributed by atoms with Crippen LogP contribution in [-0.2, 0) is 9.53 Å². The van der Waals surface area contributed by atoms with E-state index in [0.29, 0.717) is 13.0 Å². The molecule has 0 spiro atoms. The molecule has 0 saturated carbocycles. The van der Waals surface area contributed by atoms with Gasteiger partial charge >= 0.3 is 12.1 Å². The summed E-state index contributed by atoms with van der Waals surface area (Å²) in [7, 11) is 0. The molecule has 0 radical (unpaired) electrons. The molecule has 120 valence electrons. The van der Waals surface area contributed by atoms with Crippen LogP contribution in [0.4, 0.5) is 4.79 Å². The zero-order valence-electron chi connectivity index (χ0n) is 13.3. The lowest BCUT2D eigenvalue weighted by molar-refractivity contribution is -0.143. The summed E-state index contributed by atoms with van der Waals surface area (Å²) in [5.41, 5.74) is 0.470. The first-order valence-corrected chi connectivity index (χ1v) is 7.52. The minimum absolute atomic E-state index is 0.0172. The lowest BCUT2D eigenvalue weighted by Crippen LogP contribution is -2.47. The molecule has 1 saturated heterocycles. The van der Waals surface area contributed by atoms with Crippen molar-refractivity contribution in [2.24, 2.45) is 5.92 Å². The molecule has 1 fully saturated rings. The molecule has 2 atom stereocenters. The van der Waals surface area contributed by atoms with Crippen LogP contribution in [0.2, 0.25) is 0 Å². The van der Waals surface area contributed by atoms with Gasteiger partial charge in [-0.15, -0.1) is 0 Å². The highest BCUT2D eigenvalue weighted by atomic mass is 16.6. The Labute approximate surface area is 130 Å². The third kappa shape index (κ3) is 4.23. The maximum atomic E-state index is 12.3. The largest absolute Gasteiger partial charge is 0.481 e. The summed E-state index contributed by atoms with van der Waals surface area (Å²) >= 11 is 0. The summed E-state index contributed by atoms with van der Waals surface area (Å²) in [5, 5.41) is 9.36. The third-order valence-electron chi connectivity index (χ3n) is 3.72. The minimum atomic E-state index is -0.866. The normalized spacial score (nSPS) is 22.2. The first-order chi connectivity index (χ1) is 10.3. The van der Waals surface area contributed by atoms with Gasteiger partial charge in [0.1, 0.15) is 5.60 Å². The number of carbonyl (C=O) groups excluding carboxylic acids is 1. The number of carbonyl (C=O) groups is 2. The van der Waals surface area contributed by atoms with Crippen molar-refractivity contribution in [2.45, 2.75) is 38.7 Å². The van der Waals surface area contributed by atoms with Crippen LogP contribution < -0.4 is 0 Å². The second-order valence-corrected chi connectivity index (χ2v) is 6.76. The molecule has 1 N–H and O–H groups in total. The molecule has 1 aromatic carbocycles. The summed E-state index contributed by atoms with van der Waals surface area (Å²) in [5.74, 6) is -1.41. The first kappa shape index (κ1) is 16.3. The standard InChI is InChI=1S/C17H23NO4/c1-17(2,3)22-16(21)18-10-13(9-14(11-18)15(19)20)12-7-5-4-6-8-12/h4-8,13-14H,9-11H2,1-3H3,(H,19,20)/t13-,14+/m0/s1. The molecule has 1 aliphatic rings. The topological polar surface area (TPSA) is 66.8 Å². The van der Waals surface area contributed by atoms with E-state index >= 15 is 0 Å². The number of piperidine rings is 1. The molecular weight excluding hydrogens is 282 g/mol. The molecular formula is C17H23NO4. The number of likely N-dealkylation sites (tertiary alicyclic amines) is 1. The molecule has 22 heavy (non-hydrogen) atoms. The SMILES string of the molecule is CC(C)(C)OC(=O)N1C[C@H](C(=O)O)C[C@H](c2ccccc2)C1. The number of rotatable bonds is 2. The van der Waals surface area contributed by atoms with Crippen molar-refractivity contribution in [2.75, 3.05) is 13.1 Å². The Balaban J connectivity index is 2.17. The van der Waals surface area contributed by atoms with Crippen molar-refractivity contribution < 1.29 is 19.4 Å². The fourth-order valence-corrected chi connectivity index (χ4v) is 2.72. The van der Waals surface area contributed by atoms with E-state index in [-0.39, 0.29) is 12.5 Å². The summed E-state index contributed by atoms with van der Waals surface area (Å²) in [6.45, 7) is 6.10. The van der Waals surface area contributed by atoms with Crippen LogP contribution in [0.1, 0.15) is 38.7 Å². The Morgan fingerprint density at radius 2 is 1.82 bits per heavy atom. The second kappa shape index (κ2) is 6.38. The molecule has 1 heterocycles. The van der Waals surface area contributed by atoms with Gasteiger partial charge in [-0.3, -0.25) is 4.79 Å². The average molecular weight is 305 g/mol. The molecule has 1 aromatic rings. The third-order valence-corrected chi connectivity index (χ3v) is 3.72. The number of ether oxygens (including phenoxy) is 1. The lowest BCUT2D eigenvalue weighted by Gasteiger charge is -2.37. The highest BCUT2D eigenvalue weighted by Gasteiger charge is 2.36. The van der Waals surface area contributed by atoms with Crippen LogP contribution in [0, 0.1) is 5.92 Å². The van der Waals surface area contributed by atoms with Gasteiger partial charge in [-0.25, -0.2) is 4.79 Å². The number of aliphatic carboxylic acids is 1. The van der Waals surface area contributed by atoms with Gasteiger partial charge < -0.3 is 14.7 Å². The van der Waals surface area contributed by atoms with Gasteiger partial charge in [-0.05, 0) is 32.8 Å². The van der Waals surface area contributed by atoms with Crippen LogP contribution in [0.5, 0.6) is 0 Å². The molecule has 0 aromatic heterocycles. The Morgan fingerprint density at radius 3 is 2.36 bits per heavy atom. The van der Waals surface area contributed by atoms with Crippen molar-refractivity contribution in [1.82, 2.24) is 4.90 Å². The summed E-state index contributed by atoms with van der Waals surface area (Å²) in [6, 6.07) is 9.73. The van der Waals surface area contributed by atoms with Crippen LogP contribution in [0.15, 0.2) is 30.3 Å². The Morgan fingerprint density at radius 1 is 1.18 bits per heavy atom. The molecule has 5 nitrogen and oxygen atoms in total. The van der Waals surface area contributed by atoms with E-state index in [1.54, 1.807) is 20.8 Å². The minimum Gasteiger partial charge on any atom is -0.481 e. The van der Waals surface area contributed by atoms with E-state index < -0.39 is 23.6 Å². The predicted octanol–water partition coefficient (Wildman–Crippen LogP) is 3.11. The van der Waals surface area contributed by atoms with E-state index in [9.17, 15) is 14.7 Å². The van der Waals surface area contributed by atoms with Crippen molar-refractivity contribution >= 4 is 12.1 Å². The molecule has 1 aliphatic heterocycles.